The fraction of sp³-hybridized carbons (Fsp3) is 0.471. The predicted octanol–water partition coefficient (Wildman–Crippen LogP) is 1.88. The summed E-state index contributed by atoms with van der Waals surface area (Å²) in [6, 6.07) is 5.09. The minimum atomic E-state index is -0.290. The van der Waals surface area contributed by atoms with E-state index in [1.54, 1.807) is 18.2 Å². The van der Waals surface area contributed by atoms with Gasteiger partial charge >= 0.3 is 5.69 Å². The van der Waals surface area contributed by atoms with Crippen molar-refractivity contribution in [2.75, 3.05) is 11.9 Å². The molecule has 24 heavy (non-hydrogen) atoms. The second-order valence-electron chi connectivity index (χ2n) is 6.35. The number of aromatic nitrogens is 2. The van der Waals surface area contributed by atoms with E-state index >= 15 is 0 Å². The molecule has 0 spiro atoms. The maximum absolute atomic E-state index is 11.9. The Balaban J connectivity index is 1.44. The summed E-state index contributed by atoms with van der Waals surface area (Å²) < 4.78 is 0. The highest BCUT2D eigenvalue weighted by molar-refractivity contribution is 5.96. The number of anilines is 1. The molecule has 1 saturated carbocycles. The van der Waals surface area contributed by atoms with Crippen LogP contribution in [0.2, 0.25) is 0 Å². The third kappa shape index (κ3) is 4.24. The first-order valence-corrected chi connectivity index (χ1v) is 8.39. The third-order valence-corrected chi connectivity index (χ3v) is 4.50. The number of hydrogen-bond acceptors (Lipinski definition) is 3. The number of nitrogens with one attached hydrogen (secondary N) is 4. The molecule has 1 aromatic heterocycles. The number of carbonyl (C=O) groups is 2. The maximum atomic E-state index is 11.9. The fourth-order valence-corrected chi connectivity index (χ4v) is 3.22. The lowest BCUT2D eigenvalue weighted by Crippen LogP contribution is -2.32. The highest BCUT2D eigenvalue weighted by Crippen LogP contribution is 2.28. The average Bonchev–Trinajstić information content (AvgIpc) is 3.18. The van der Waals surface area contributed by atoms with Crippen LogP contribution >= 0.6 is 0 Å². The van der Waals surface area contributed by atoms with Crippen molar-refractivity contribution < 1.29 is 9.59 Å². The molecule has 0 saturated heterocycles. The van der Waals surface area contributed by atoms with E-state index in [0.29, 0.717) is 29.1 Å². The Morgan fingerprint density at radius 1 is 1.08 bits per heavy atom. The Labute approximate surface area is 139 Å². The van der Waals surface area contributed by atoms with E-state index in [1.165, 1.54) is 25.7 Å². The lowest BCUT2D eigenvalue weighted by molar-refractivity contribution is -0.124. The average molecular weight is 330 g/mol. The number of fused-ring (bicyclic) bond motifs is 1. The van der Waals surface area contributed by atoms with Crippen molar-refractivity contribution in [1.82, 2.24) is 15.3 Å². The summed E-state index contributed by atoms with van der Waals surface area (Å²) in [6.45, 7) is -0.0504. The van der Waals surface area contributed by atoms with Gasteiger partial charge in [-0.3, -0.25) is 9.59 Å². The highest BCUT2D eigenvalue weighted by Gasteiger charge is 2.16. The van der Waals surface area contributed by atoms with Gasteiger partial charge in [0.05, 0.1) is 17.6 Å². The molecular formula is C17H22N4O3. The second kappa shape index (κ2) is 7.33. The van der Waals surface area contributed by atoms with E-state index in [2.05, 4.69) is 20.6 Å². The fourth-order valence-electron chi connectivity index (χ4n) is 3.22. The Morgan fingerprint density at radius 2 is 1.83 bits per heavy atom. The Kier molecular flexibility index (Phi) is 4.98. The quantitative estimate of drug-likeness (QED) is 0.649. The third-order valence-electron chi connectivity index (χ3n) is 4.50. The van der Waals surface area contributed by atoms with Crippen molar-refractivity contribution in [1.29, 1.82) is 0 Å². The molecule has 1 aliphatic rings. The molecule has 128 valence electrons. The molecule has 0 radical (unpaired) electrons. The molecule has 1 fully saturated rings. The van der Waals surface area contributed by atoms with Crippen LogP contribution in [0.25, 0.3) is 11.0 Å². The van der Waals surface area contributed by atoms with Crippen molar-refractivity contribution in [3.05, 3.63) is 28.7 Å². The minimum absolute atomic E-state index is 0.0504. The lowest BCUT2D eigenvalue weighted by atomic mass is 10.0. The van der Waals surface area contributed by atoms with Crippen LogP contribution in [0.5, 0.6) is 0 Å². The summed E-state index contributed by atoms with van der Waals surface area (Å²) in [4.78, 5) is 40.2. The zero-order chi connectivity index (χ0) is 16.9. The molecule has 1 aromatic carbocycles. The van der Waals surface area contributed by atoms with E-state index < -0.39 is 0 Å². The number of H-pyrrole nitrogens is 2. The molecule has 2 amide bonds. The molecule has 1 heterocycles. The van der Waals surface area contributed by atoms with Crippen LogP contribution < -0.4 is 16.3 Å². The van der Waals surface area contributed by atoms with Crippen molar-refractivity contribution in [2.45, 2.75) is 38.5 Å². The Hall–Kier alpha value is -2.57. The first-order chi connectivity index (χ1) is 11.6. The normalized spacial score (nSPS) is 14.8. The lowest BCUT2D eigenvalue weighted by Gasteiger charge is -2.09. The number of hydrogen-bond donors (Lipinski definition) is 4. The van der Waals surface area contributed by atoms with Gasteiger partial charge in [-0.25, -0.2) is 4.79 Å². The molecule has 7 nitrogen and oxygen atoms in total. The summed E-state index contributed by atoms with van der Waals surface area (Å²) in [7, 11) is 0. The molecule has 0 bridgehead atoms. The summed E-state index contributed by atoms with van der Waals surface area (Å²) in [5.74, 6) is 0.295. The number of amides is 2. The van der Waals surface area contributed by atoms with E-state index in [0.717, 1.165) is 6.42 Å². The Bertz CT molecular complexity index is 786. The summed E-state index contributed by atoms with van der Waals surface area (Å²) in [5.41, 5.74) is 1.59. The van der Waals surface area contributed by atoms with Gasteiger partial charge in [-0.1, -0.05) is 25.7 Å². The van der Waals surface area contributed by atoms with Crippen molar-refractivity contribution in [2.24, 2.45) is 5.92 Å². The summed E-state index contributed by atoms with van der Waals surface area (Å²) >= 11 is 0. The molecule has 1 aliphatic carbocycles. The first-order valence-electron chi connectivity index (χ1n) is 8.39. The van der Waals surface area contributed by atoms with Crippen LogP contribution in [0.4, 0.5) is 5.69 Å². The van der Waals surface area contributed by atoms with Gasteiger partial charge in [0.1, 0.15) is 0 Å². The highest BCUT2D eigenvalue weighted by atomic mass is 16.2. The SMILES string of the molecule is O=C(CCC1CCCC1)NCC(=O)Nc1ccc2[nH]c(=O)[nH]c2c1. The minimum Gasteiger partial charge on any atom is -0.347 e. The van der Waals surface area contributed by atoms with Gasteiger partial charge in [0.2, 0.25) is 11.8 Å². The van der Waals surface area contributed by atoms with E-state index in [1.807, 2.05) is 0 Å². The van der Waals surface area contributed by atoms with Crippen LogP contribution in [-0.2, 0) is 9.59 Å². The maximum Gasteiger partial charge on any atom is 0.323 e. The van der Waals surface area contributed by atoms with Crippen LogP contribution in [0, 0.1) is 5.92 Å². The van der Waals surface area contributed by atoms with Gasteiger partial charge < -0.3 is 20.6 Å². The number of rotatable bonds is 6. The van der Waals surface area contributed by atoms with E-state index in [-0.39, 0.29) is 24.0 Å². The molecule has 0 unspecified atom stereocenters. The summed E-state index contributed by atoms with van der Waals surface area (Å²) in [6.07, 6.45) is 6.37. The molecule has 0 atom stereocenters. The molecule has 3 rings (SSSR count). The van der Waals surface area contributed by atoms with Crippen LogP contribution in [-0.4, -0.2) is 28.3 Å². The largest absolute Gasteiger partial charge is 0.347 e. The van der Waals surface area contributed by atoms with E-state index in [9.17, 15) is 14.4 Å². The number of benzene rings is 1. The van der Waals surface area contributed by atoms with Gasteiger partial charge in [-0.05, 0) is 30.5 Å². The van der Waals surface area contributed by atoms with Crippen LogP contribution in [0.1, 0.15) is 38.5 Å². The van der Waals surface area contributed by atoms with Crippen molar-refractivity contribution >= 4 is 28.5 Å². The molecule has 4 N–H and O–H groups in total. The van der Waals surface area contributed by atoms with E-state index in [4.69, 9.17) is 0 Å². The first kappa shape index (κ1) is 16.3. The monoisotopic (exact) mass is 330 g/mol. The zero-order valence-electron chi connectivity index (χ0n) is 13.5. The molecule has 7 heteroatoms. The smallest absolute Gasteiger partial charge is 0.323 e. The molecule has 0 aliphatic heterocycles. The number of aromatic amines is 2. The van der Waals surface area contributed by atoms with Gasteiger partial charge in [0, 0.05) is 12.1 Å². The second-order valence-corrected chi connectivity index (χ2v) is 6.35. The number of imidazole rings is 1. The van der Waals surface area contributed by atoms with Gasteiger partial charge in [-0.2, -0.15) is 0 Å². The molecule has 2 aromatic rings. The number of carbonyl (C=O) groups excluding carboxylic acids is 2. The van der Waals surface area contributed by atoms with Gasteiger partial charge in [0.15, 0.2) is 0 Å². The zero-order valence-corrected chi connectivity index (χ0v) is 13.5. The van der Waals surface area contributed by atoms with Gasteiger partial charge in [-0.15, -0.1) is 0 Å². The summed E-state index contributed by atoms with van der Waals surface area (Å²) in [5, 5.41) is 5.36. The predicted molar refractivity (Wildman–Crippen MR) is 91.8 cm³/mol. The molecular weight excluding hydrogens is 308 g/mol. The van der Waals surface area contributed by atoms with Crippen molar-refractivity contribution in [3.8, 4) is 0 Å². The van der Waals surface area contributed by atoms with Crippen LogP contribution in [0.3, 0.4) is 0 Å². The van der Waals surface area contributed by atoms with Crippen LogP contribution in [0.15, 0.2) is 23.0 Å². The van der Waals surface area contributed by atoms with Gasteiger partial charge in [0.25, 0.3) is 0 Å². The van der Waals surface area contributed by atoms with Crippen molar-refractivity contribution in [3.63, 3.8) is 0 Å². The standard InChI is InChI=1S/C17H22N4O3/c22-15(8-5-11-3-1-2-4-11)18-10-16(23)19-12-6-7-13-14(9-12)21-17(24)20-13/h6-7,9,11H,1-5,8,10H2,(H,18,22)(H,19,23)(H2,20,21,24). The Morgan fingerprint density at radius 3 is 2.62 bits per heavy atom. The topological polar surface area (TPSA) is 107 Å².